The molecule has 1 amide bonds. The molecule has 3 aliphatic rings. The second kappa shape index (κ2) is 13.1. The Kier molecular flexibility index (Phi) is 10.2. The number of carboxylic acids is 2. The normalized spacial score (nSPS) is 21.7. The predicted octanol–water partition coefficient (Wildman–Crippen LogP) is 3.09. The molecule has 236 valence electrons. The van der Waals surface area contributed by atoms with Crippen molar-refractivity contribution in [2.24, 2.45) is 10.8 Å². The number of nitrogens with zero attached hydrogens (tertiary/aromatic N) is 6. The number of likely N-dealkylation sites (tertiary alicyclic amines) is 2. The van der Waals surface area contributed by atoms with Crippen LogP contribution in [0.5, 0.6) is 0 Å². The van der Waals surface area contributed by atoms with Crippen molar-refractivity contribution in [1.29, 1.82) is 0 Å². The Bertz CT molecular complexity index is 1230. The first-order valence-electron chi connectivity index (χ1n) is 13.0. The summed E-state index contributed by atoms with van der Waals surface area (Å²) < 4.78 is 63.5. The molecule has 0 bridgehead atoms. The van der Waals surface area contributed by atoms with E-state index in [0.717, 1.165) is 64.5 Å². The zero-order valence-electron chi connectivity index (χ0n) is 23.0. The molecule has 2 aromatic heterocycles. The van der Waals surface area contributed by atoms with Crippen molar-refractivity contribution in [3.63, 3.8) is 0 Å². The SMILES string of the molecule is CN1CCC2(CN(c3ncccn3)CC23CCN(Cc2cccnc2)CC3)C1=O.O=C(O)C(F)(F)F.O=C(O)C(F)(F)F. The van der Waals surface area contributed by atoms with Crippen LogP contribution in [-0.4, -0.2) is 105 Å². The maximum Gasteiger partial charge on any atom is 0.490 e. The maximum atomic E-state index is 13.4. The Hall–Kier alpha value is -4.02. The highest BCUT2D eigenvalue weighted by atomic mass is 19.4. The van der Waals surface area contributed by atoms with Crippen LogP contribution < -0.4 is 4.90 Å². The summed E-state index contributed by atoms with van der Waals surface area (Å²) in [6.07, 6.45) is 0.198. The highest BCUT2D eigenvalue weighted by Crippen LogP contribution is 2.58. The second-order valence-corrected chi connectivity index (χ2v) is 10.5. The molecule has 2 spiro atoms. The van der Waals surface area contributed by atoms with Crippen molar-refractivity contribution < 1.29 is 50.9 Å². The first-order valence-corrected chi connectivity index (χ1v) is 13.0. The molecule has 0 saturated carbocycles. The molecule has 1 unspecified atom stereocenters. The average Bonchev–Trinajstić information content (AvgIpc) is 3.43. The molecule has 3 aliphatic heterocycles. The van der Waals surface area contributed by atoms with Crippen LogP contribution in [0.3, 0.4) is 0 Å². The van der Waals surface area contributed by atoms with Gasteiger partial charge in [-0.15, -0.1) is 0 Å². The Morgan fingerprint density at radius 2 is 1.44 bits per heavy atom. The highest BCUT2D eigenvalue weighted by molar-refractivity contribution is 5.87. The summed E-state index contributed by atoms with van der Waals surface area (Å²) in [4.78, 5) is 51.1. The van der Waals surface area contributed by atoms with Crippen LogP contribution in [0.4, 0.5) is 32.3 Å². The lowest BCUT2D eigenvalue weighted by Gasteiger charge is -2.46. The number of carbonyl (C=O) groups excluding carboxylic acids is 1. The lowest BCUT2D eigenvalue weighted by atomic mass is 9.60. The number of rotatable bonds is 3. The first kappa shape index (κ1) is 33.5. The summed E-state index contributed by atoms with van der Waals surface area (Å²) in [7, 11) is 1.95. The number of hydrogen-bond donors (Lipinski definition) is 2. The van der Waals surface area contributed by atoms with Gasteiger partial charge in [-0.3, -0.25) is 14.7 Å². The Balaban J connectivity index is 0.000000303. The van der Waals surface area contributed by atoms with E-state index in [4.69, 9.17) is 19.8 Å². The zero-order chi connectivity index (χ0) is 32.1. The third-order valence-electron chi connectivity index (χ3n) is 7.86. The van der Waals surface area contributed by atoms with Crippen molar-refractivity contribution in [2.75, 3.05) is 44.7 Å². The van der Waals surface area contributed by atoms with Crippen molar-refractivity contribution in [3.05, 3.63) is 48.5 Å². The van der Waals surface area contributed by atoms with E-state index in [1.807, 2.05) is 36.5 Å². The molecule has 3 fully saturated rings. The van der Waals surface area contributed by atoms with Crippen LogP contribution in [0.1, 0.15) is 24.8 Å². The standard InChI is InChI=1S/C22H28N6O.2C2HF3O2/c1-26-11-7-22(19(26)29)17-28(20-24-9-3-10-25-20)16-21(22)5-12-27(13-6-21)15-18-4-2-8-23-14-18;2*3-2(4,5)1(6)7/h2-4,8-10,14H,5-7,11-13,15-17H2,1H3;2*(H,6,7). The summed E-state index contributed by atoms with van der Waals surface area (Å²) in [5.41, 5.74) is 0.946. The van der Waals surface area contributed by atoms with Crippen LogP contribution in [0.2, 0.25) is 0 Å². The van der Waals surface area contributed by atoms with Crippen LogP contribution in [0.25, 0.3) is 0 Å². The average molecular weight is 621 g/mol. The minimum absolute atomic E-state index is 0.000513. The van der Waals surface area contributed by atoms with Gasteiger partial charge in [-0.25, -0.2) is 19.6 Å². The minimum Gasteiger partial charge on any atom is -0.475 e. The molecular weight excluding hydrogens is 590 g/mol. The summed E-state index contributed by atoms with van der Waals surface area (Å²) in [5.74, 6) is -4.44. The van der Waals surface area contributed by atoms with Gasteiger partial charge in [-0.05, 0) is 50.0 Å². The number of hydrogen-bond acceptors (Lipinski definition) is 8. The Labute approximate surface area is 242 Å². The van der Waals surface area contributed by atoms with Gasteiger partial charge in [-0.1, -0.05) is 6.07 Å². The number of pyridine rings is 1. The number of aliphatic carboxylic acids is 2. The molecule has 5 heterocycles. The molecule has 43 heavy (non-hydrogen) atoms. The third-order valence-corrected chi connectivity index (χ3v) is 7.86. The van der Waals surface area contributed by atoms with E-state index >= 15 is 0 Å². The lowest BCUT2D eigenvalue weighted by molar-refractivity contribution is -0.193. The van der Waals surface area contributed by atoms with Gasteiger partial charge < -0.3 is 20.0 Å². The molecule has 11 nitrogen and oxygen atoms in total. The number of carboxylic acid groups (broad SMARTS) is 2. The molecule has 17 heteroatoms. The van der Waals surface area contributed by atoms with Gasteiger partial charge in [0, 0.05) is 63.4 Å². The number of carbonyl (C=O) groups is 3. The monoisotopic (exact) mass is 620 g/mol. The molecule has 1 atom stereocenters. The number of piperidine rings is 1. The number of amides is 1. The van der Waals surface area contributed by atoms with Gasteiger partial charge in [0.25, 0.3) is 0 Å². The molecule has 2 N–H and O–H groups in total. The molecule has 5 rings (SSSR count). The van der Waals surface area contributed by atoms with Crippen molar-refractivity contribution in [3.8, 4) is 0 Å². The third kappa shape index (κ3) is 7.88. The van der Waals surface area contributed by atoms with Crippen molar-refractivity contribution in [2.45, 2.75) is 38.2 Å². The topological polar surface area (TPSA) is 140 Å². The van der Waals surface area contributed by atoms with Crippen LogP contribution in [0, 0.1) is 10.8 Å². The molecule has 0 aromatic carbocycles. The van der Waals surface area contributed by atoms with Crippen LogP contribution in [0.15, 0.2) is 43.0 Å². The minimum atomic E-state index is -5.08. The van der Waals surface area contributed by atoms with E-state index in [0.29, 0.717) is 5.91 Å². The smallest absolute Gasteiger partial charge is 0.475 e. The summed E-state index contributed by atoms with van der Waals surface area (Å²) >= 11 is 0. The fourth-order valence-electron chi connectivity index (χ4n) is 5.76. The first-order chi connectivity index (χ1) is 20.0. The summed E-state index contributed by atoms with van der Waals surface area (Å²) in [5, 5.41) is 14.2. The fourth-order valence-corrected chi connectivity index (χ4v) is 5.76. The van der Waals surface area contributed by atoms with Gasteiger partial charge in [0.05, 0.1) is 5.41 Å². The van der Waals surface area contributed by atoms with E-state index in [2.05, 4.69) is 30.8 Å². The largest absolute Gasteiger partial charge is 0.490 e. The second-order valence-electron chi connectivity index (χ2n) is 10.5. The number of aromatic nitrogens is 3. The Morgan fingerprint density at radius 3 is 1.88 bits per heavy atom. The molecule has 0 aliphatic carbocycles. The van der Waals surface area contributed by atoms with Crippen molar-refractivity contribution in [1.82, 2.24) is 24.8 Å². The van der Waals surface area contributed by atoms with Gasteiger partial charge in [0.2, 0.25) is 11.9 Å². The van der Waals surface area contributed by atoms with E-state index < -0.39 is 24.3 Å². The summed E-state index contributed by atoms with van der Waals surface area (Å²) in [6.45, 7) is 5.41. The molecule has 0 radical (unpaired) electrons. The zero-order valence-corrected chi connectivity index (χ0v) is 23.0. The lowest BCUT2D eigenvalue weighted by Crippen LogP contribution is -2.52. The molecular formula is C26H30F6N6O5. The van der Waals surface area contributed by atoms with Gasteiger partial charge in [0.1, 0.15) is 0 Å². The van der Waals surface area contributed by atoms with Gasteiger partial charge >= 0.3 is 24.3 Å². The molecule has 3 saturated heterocycles. The maximum absolute atomic E-state index is 13.4. The van der Waals surface area contributed by atoms with E-state index in [9.17, 15) is 31.1 Å². The highest BCUT2D eigenvalue weighted by Gasteiger charge is 2.65. The predicted molar refractivity (Wildman–Crippen MR) is 137 cm³/mol. The fraction of sp³-hybridized carbons (Fsp3) is 0.538. The number of anilines is 1. The van der Waals surface area contributed by atoms with E-state index in [1.165, 1.54) is 5.56 Å². The van der Waals surface area contributed by atoms with Gasteiger partial charge in [-0.2, -0.15) is 26.3 Å². The van der Waals surface area contributed by atoms with Gasteiger partial charge in [0.15, 0.2) is 0 Å². The van der Waals surface area contributed by atoms with Crippen molar-refractivity contribution >= 4 is 23.8 Å². The molecule has 2 aromatic rings. The quantitative estimate of drug-likeness (QED) is 0.492. The Morgan fingerprint density at radius 1 is 0.884 bits per heavy atom. The van der Waals surface area contributed by atoms with Crippen LogP contribution in [-0.2, 0) is 20.9 Å². The number of fused-ring (bicyclic) bond motifs is 1. The number of alkyl halides is 6. The number of halogens is 6. The van der Waals surface area contributed by atoms with E-state index in [1.54, 1.807) is 12.4 Å². The summed E-state index contributed by atoms with van der Waals surface area (Å²) in [6, 6.07) is 5.98. The van der Waals surface area contributed by atoms with Crippen LogP contribution >= 0.6 is 0 Å². The van der Waals surface area contributed by atoms with E-state index in [-0.39, 0.29) is 10.8 Å².